The van der Waals surface area contributed by atoms with Gasteiger partial charge in [0.25, 0.3) is 0 Å². The Morgan fingerprint density at radius 3 is 2.60 bits per heavy atom. The molecule has 2 aliphatic heterocycles. The van der Waals surface area contributed by atoms with Crippen LogP contribution in [0.15, 0.2) is 24.3 Å². The van der Waals surface area contributed by atoms with Gasteiger partial charge in [-0.2, -0.15) is 0 Å². The zero-order valence-corrected chi connectivity index (χ0v) is 20.6. The number of carboxylic acid groups (broad SMARTS) is 1. The van der Waals surface area contributed by atoms with Crippen molar-refractivity contribution < 1.29 is 33.6 Å². The number of amides is 1. The predicted molar refractivity (Wildman–Crippen MR) is 132 cm³/mol. The van der Waals surface area contributed by atoms with Crippen molar-refractivity contribution >= 4 is 34.3 Å². The quantitative estimate of drug-likeness (QED) is 0.445. The number of carboxylic acids is 1. The van der Waals surface area contributed by atoms with Crippen LogP contribution in [0, 0.1) is 0 Å². The third kappa shape index (κ3) is 6.33. The molecule has 0 saturated carbocycles. The molecule has 3 heterocycles. The summed E-state index contributed by atoms with van der Waals surface area (Å²) in [7, 11) is 3.13. The highest BCUT2D eigenvalue weighted by atomic mass is 32.1. The van der Waals surface area contributed by atoms with E-state index in [1.54, 1.807) is 38.5 Å². The molecule has 0 spiro atoms. The maximum atomic E-state index is 12.4. The number of nitrogens with one attached hydrogen (secondary N) is 2. The Bertz CT molecular complexity index is 1070. The molecule has 4 rings (SSSR count). The molecule has 9 nitrogen and oxygen atoms in total. The number of aromatic carboxylic acids is 1. The Morgan fingerprint density at radius 2 is 1.94 bits per heavy atom. The van der Waals surface area contributed by atoms with Crippen LogP contribution in [0.1, 0.15) is 45.6 Å². The van der Waals surface area contributed by atoms with Crippen LogP contribution in [0.2, 0.25) is 0 Å². The molecule has 10 heteroatoms. The van der Waals surface area contributed by atoms with E-state index < -0.39 is 5.97 Å². The Kier molecular flexibility index (Phi) is 8.27. The summed E-state index contributed by atoms with van der Waals surface area (Å²) >= 11 is 1.41. The lowest BCUT2D eigenvalue weighted by Gasteiger charge is -2.24. The number of fused-ring (bicyclic) bond motifs is 1. The topological polar surface area (TPSA) is 115 Å². The molecule has 3 N–H and O–H groups in total. The molecule has 2 aromatic rings. The molecule has 2 unspecified atom stereocenters. The van der Waals surface area contributed by atoms with Gasteiger partial charge in [0.2, 0.25) is 5.91 Å². The van der Waals surface area contributed by atoms with Crippen molar-refractivity contribution in [2.45, 2.75) is 44.6 Å². The molecule has 0 aliphatic carbocycles. The molecule has 1 aromatic heterocycles. The number of anilines is 1. The van der Waals surface area contributed by atoms with Crippen molar-refractivity contribution in [3.63, 3.8) is 0 Å². The lowest BCUT2D eigenvalue weighted by Crippen LogP contribution is -2.36. The van der Waals surface area contributed by atoms with Gasteiger partial charge in [0.15, 0.2) is 0 Å². The lowest BCUT2D eigenvalue weighted by atomic mass is 10.0. The first-order chi connectivity index (χ1) is 17.0. The molecule has 1 aromatic carbocycles. The number of carbonyl (C=O) groups excluding carboxylic acids is 1. The number of thiophene rings is 1. The Balaban J connectivity index is 1.37. The number of methoxy groups -OCH3 is 2. The van der Waals surface area contributed by atoms with Crippen LogP contribution in [0.5, 0.6) is 11.5 Å². The minimum atomic E-state index is -0.970. The highest BCUT2D eigenvalue weighted by Crippen LogP contribution is 2.38. The lowest BCUT2D eigenvalue weighted by molar-refractivity contribution is -0.117. The van der Waals surface area contributed by atoms with E-state index in [1.807, 2.05) is 0 Å². The minimum absolute atomic E-state index is 0.172. The van der Waals surface area contributed by atoms with E-state index in [0.29, 0.717) is 36.1 Å². The average molecular weight is 503 g/mol. The fraction of sp³-hybridized carbons (Fsp3) is 0.440. The third-order valence-corrected chi connectivity index (χ3v) is 7.10. The number of carbonyl (C=O) groups is 2. The Labute approximate surface area is 208 Å². The van der Waals surface area contributed by atoms with E-state index in [2.05, 4.69) is 10.6 Å². The molecule has 35 heavy (non-hydrogen) atoms. The van der Waals surface area contributed by atoms with Crippen LogP contribution >= 0.6 is 11.3 Å². The van der Waals surface area contributed by atoms with Gasteiger partial charge in [-0.25, -0.2) is 4.79 Å². The number of hydrogen-bond donors (Lipinski definition) is 3. The first-order valence-electron chi connectivity index (χ1n) is 11.5. The van der Waals surface area contributed by atoms with Gasteiger partial charge < -0.3 is 34.7 Å². The van der Waals surface area contributed by atoms with Crippen LogP contribution < -0.4 is 20.1 Å². The maximum Gasteiger partial charge on any atom is 0.338 e. The van der Waals surface area contributed by atoms with Crippen molar-refractivity contribution in [3.05, 3.63) is 45.8 Å². The van der Waals surface area contributed by atoms with Crippen molar-refractivity contribution in [1.82, 2.24) is 5.32 Å². The van der Waals surface area contributed by atoms with Crippen molar-refractivity contribution in [1.29, 1.82) is 0 Å². The number of benzene rings is 1. The van der Waals surface area contributed by atoms with Crippen LogP contribution in [-0.4, -0.2) is 56.7 Å². The summed E-state index contributed by atoms with van der Waals surface area (Å²) in [6.07, 6.45) is 5.96. The normalized spacial score (nSPS) is 19.7. The van der Waals surface area contributed by atoms with Crippen LogP contribution in [0.3, 0.4) is 0 Å². The smallest absolute Gasteiger partial charge is 0.338 e. The van der Waals surface area contributed by atoms with E-state index >= 15 is 0 Å². The summed E-state index contributed by atoms with van der Waals surface area (Å²) in [5, 5.41) is 16.6. The van der Waals surface area contributed by atoms with Crippen molar-refractivity contribution in [3.8, 4) is 11.5 Å². The van der Waals surface area contributed by atoms with Gasteiger partial charge in [-0.15, -0.1) is 11.3 Å². The molecular formula is C25H30N2O7S. The van der Waals surface area contributed by atoms with Gasteiger partial charge >= 0.3 is 5.97 Å². The van der Waals surface area contributed by atoms with Gasteiger partial charge in [0.1, 0.15) is 22.7 Å². The zero-order chi connectivity index (χ0) is 24.8. The summed E-state index contributed by atoms with van der Waals surface area (Å²) in [6.45, 7) is 1.26. The van der Waals surface area contributed by atoms with E-state index in [-0.39, 0.29) is 30.3 Å². The second-order valence-electron chi connectivity index (χ2n) is 8.37. The minimum Gasteiger partial charge on any atom is -0.497 e. The second-order valence-corrected chi connectivity index (χ2v) is 9.48. The average Bonchev–Trinajstić information content (AvgIpc) is 3.23. The van der Waals surface area contributed by atoms with Crippen molar-refractivity contribution in [2.24, 2.45) is 0 Å². The SMILES string of the molecule is COc1cc(C=CC(=O)NCC2Cc3c(sc(NC4CCCCO4)c3C(=O)O)CO2)cc(OC)c1. The molecule has 2 atom stereocenters. The standard InChI is InChI=1S/C25H30N2O7S/c1-31-16-9-15(10-17(11-16)32-2)6-7-21(28)26-13-18-12-19-20(14-34-18)35-24(23(19)25(29)30)27-22-5-3-4-8-33-22/h6-7,9-11,18,22,27H,3-5,8,12-14H2,1-2H3,(H,26,28)(H,29,30). The molecule has 1 amide bonds. The van der Waals surface area contributed by atoms with Crippen LogP contribution in [0.4, 0.5) is 5.00 Å². The molecule has 1 fully saturated rings. The van der Waals surface area contributed by atoms with Crippen molar-refractivity contribution in [2.75, 3.05) is 32.7 Å². The van der Waals surface area contributed by atoms with E-state index in [4.69, 9.17) is 18.9 Å². The number of hydrogen-bond acceptors (Lipinski definition) is 8. The van der Waals surface area contributed by atoms with E-state index in [1.165, 1.54) is 17.4 Å². The second kappa shape index (κ2) is 11.6. The zero-order valence-electron chi connectivity index (χ0n) is 19.8. The molecule has 0 bridgehead atoms. The summed E-state index contributed by atoms with van der Waals surface area (Å²) < 4.78 is 22.1. The van der Waals surface area contributed by atoms with E-state index in [0.717, 1.165) is 35.3 Å². The Hall–Kier alpha value is -3.08. The first kappa shape index (κ1) is 25.0. The highest BCUT2D eigenvalue weighted by molar-refractivity contribution is 7.16. The molecule has 2 aliphatic rings. The van der Waals surface area contributed by atoms with Gasteiger partial charge in [-0.05, 0) is 48.6 Å². The summed E-state index contributed by atoms with van der Waals surface area (Å²) in [4.78, 5) is 25.3. The Morgan fingerprint density at radius 1 is 1.17 bits per heavy atom. The first-order valence-corrected chi connectivity index (χ1v) is 12.3. The maximum absolute atomic E-state index is 12.4. The monoisotopic (exact) mass is 502 g/mol. The predicted octanol–water partition coefficient (Wildman–Crippen LogP) is 3.67. The fourth-order valence-electron chi connectivity index (χ4n) is 4.16. The van der Waals surface area contributed by atoms with Crippen LogP contribution in [0.25, 0.3) is 6.08 Å². The number of rotatable bonds is 9. The molecule has 1 saturated heterocycles. The summed E-state index contributed by atoms with van der Waals surface area (Å²) in [5.41, 5.74) is 1.82. The summed E-state index contributed by atoms with van der Waals surface area (Å²) in [5.74, 6) is 0.0124. The third-order valence-electron chi connectivity index (χ3n) is 5.96. The molecular weight excluding hydrogens is 472 g/mol. The molecule has 188 valence electrons. The molecule has 0 radical (unpaired) electrons. The van der Waals surface area contributed by atoms with Gasteiger partial charge in [0, 0.05) is 36.6 Å². The van der Waals surface area contributed by atoms with Gasteiger partial charge in [0.05, 0.1) is 32.5 Å². The van der Waals surface area contributed by atoms with E-state index in [9.17, 15) is 14.7 Å². The van der Waals surface area contributed by atoms with Crippen LogP contribution in [-0.2, 0) is 27.3 Å². The fourth-order valence-corrected chi connectivity index (χ4v) is 5.34. The van der Waals surface area contributed by atoms with Gasteiger partial charge in [-0.3, -0.25) is 4.79 Å². The van der Waals surface area contributed by atoms with Gasteiger partial charge in [-0.1, -0.05) is 0 Å². The summed E-state index contributed by atoms with van der Waals surface area (Å²) in [6, 6.07) is 5.35. The largest absolute Gasteiger partial charge is 0.497 e. The number of ether oxygens (including phenoxy) is 4. The highest BCUT2D eigenvalue weighted by Gasteiger charge is 2.31.